The van der Waals surface area contributed by atoms with Gasteiger partial charge in [-0.05, 0) is 24.7 Å². The molecule has 0 radical (unpaired) electrons. The van der Waals surface area contributed by atoms with Crippen LogP contribution >= 0.6 is 0 Å². The Labute approximate surface area is 113 Å². The van der Waals surface area contributed by atoms with E-state index in [9.17, 15) is 5.11 Å². The molecule has 1 aliphatic carbocycles. The Bertz CT molecular complexity index is 209. The molecule has 0 aromatic rings. The summed E-state index contributed by atoms with van der Waals surface area (Å²) in [5, 5.41) is 10.2. The minimum Gasteiger partial charge on any atom is -0.393 e. The number of ether oxygens (including phenoxy) is 1. The lowest BCUT2D eigenvalue weighted by molar-refractivity contribution is 0.0599. The van der Waals surface area contributed by atoms with Crippen LogP contribution in [0.25, 0.3) is 0 Å². The molecule has 0 aromatic carbocycles. The zero-order valence-corrected chi connectivity index (χ0v) is 12.4. The molecular formula is C15H31NO2. The Morgan fingerprint density at radius 2 is 1.94 bits per heavy atom. The van der Waals surface area contributed by atoms with Crippen LogP contribution in [0.15, 0.2) is 0 Å². The molecule has 1 saturated carbocycles. The Morgan fingerprint density at radius 1 is 1.22 bits per heavy atom. The second-order valence-corrected chi connectivity index (χ2v) is 6.11. The van der Waals surface area contributed by atoms with E-state index < -0.39 is 0 Å². The Hall–Kier alpha value is -0.120. The predicted molar refractivity (Wildman–Crippen MR) is 75.7 cm³/mol. The lowest BCUT2D eigenvalue weighted by Crippen LogP contribution is -2.38. The maximum absolute atomic E-state index is 10.2. The van der Waals surface area contributed by atoms with E-state index in [-0.39, 0.29) is 6.10 Å². The van der Waals surface area contributed by atoms with Crippen LogP contribution in [0.2, 0.25) is 0 Å². The summed E-state index contributed by atoms with van der Waals surface area (Å²) in [4.78, 5) is 2.47. The van der Waals surface area contributed by atoms with E-state index in [1.807, 2.05) is 0 Å². The molecule has 0 saturated heterocycles. The molecule has 0 bridgehead atoms. The van der Waals surface area contributed by atoms with Crippen LogP contribution in [-0.4, -0.2) is 49.5 Å². The van der Waals surface area contributed by atoms with Gasteiger partial charge in [-0.2, -0.15) is 0 Å². The van der Waals surface area contributed by atoms with Gasteiger partial charge in [0.25, 0.3) is 0 Å². The Morgan fingerprint density at radius 3 is 2.61 bits per heavy atom. The summed E-state index contributed by atoms with van der Waals surface area (Å²) in [6.07, 6.45) is 5.84. The second kappa shape index (κ2) is 8.89. The molecule has 1 rings (SSSR count). The van der Waals surface area contributed by atoms with Crippen LogP contribution in [-0.2, 0) is 4.74 Å². The summed E-state index contributed by atoms with van der Waals surface area (Å²) in [7, 11) is 1.76. The smallest absolute Gasteiger partial charge is 0.0589 e. The summed E-state index contributed by atoms with van der Waals surface area (Å²) in [6, 6.07) is 0. The van der Waals surface area contributed by atoms with Crippen molar-refractivity contribution in [2.24, 2.45) is 11.8 Å². The van der Waals surface area contributed by atoms with Crippen molar-refractivity contribution in [2.45, 2.75) is 52.1 Å². The van der Waals surface area contributed by atoms with Crippen molar-refractivity contribution in [3.8, 4) is 0 Å². The first-order valence-corrected chi connectivity index (χ1v) is 7.52. The van der Waals surface area contributed by atoms with E-state index in [2.05, 4.69) is 18.7 Å². The van der Waals surface area contributed by atoms with Crippen molar-refractivity contribution in [1.29, 1.82) is 0 Å². The highest BCUT2D eigenvalue weighted by atomic mass is 16.5. The number of nitrogens with zero attached hydrogens (tertiary/aromatic N) is 1. The highest BCUT2D eigenvalue weighted by Gasteiger charge is 2.24. The van der Waals surface area contributed by atoms with Gasteiger partial charge in [0.05, 0.1) is 12.7 Å². The van der Waals surface area contributed by atoms with Gasteiger partial charge < -0.3 is 14.7 Å². The number of hydrogen-bond acceptors (Lipinski definition) is 3. The zero-order valence-electron chi connectivity index (χ0n) is 12.4. The summed E-state index contributed by atoms with van der Waals surface area (Å²) < 4.78 is 5.19. The summed E-state index contributed by atoms with van der Waals surface area (Å²) in [5.41, 5.74) is 0. The monoisotopic (exact) mass is 257 g/mol. The fraction of sp³-hybridized carbons (Fsp3) is 1.00. The number of hydrogen-bond donors (Lipinski definition) is 1. The topological polar surface area (TPSA) is 32.7 Å². The third-order valence-corrected chi connectivity index (χ3v) is 3.85. The number of methoxy groups -OCH3 is 1. The molecule has 3 nitrogen and oxygen atoms in total. The molecule has 18 heavy (non-hydrogen) atoms. The van der Waals surface area contributed by atoms with E-state index >= 15 is 0 Å². The van der Waals surface area contributed by atoms with Gasteiger partial charge >= 0.3 is 0 Å². The average molecular weight is 257 g/mol. The first kappa shape index (κ1) is 15.9. The maximum Gasteiger partial charge on any atom is 0.0589 e. The van der Waals surface area contributed by atoms with Crippen LogP contribution < -0.4 is 0 Å². The lowest BCUT2D eigenvalue weighted by atomic mass is 9.96. The summed E-state index contributed by atoms with van der Waals surface area (Å²) in [6.45, 7) is 8.41. The summed E-state index contributed by atoms with van der Waals surface area (Å²) >= 11 is 0. The van der Waals surface area contributed by atoms with Gasteiger partial charge in [0.2, 0.25) is 0 Å². The fourth-order valence-corrected chi connectivity index (χ4v) is 2.90. The normalized spacial score (nSPS) is 25.7. The highest BCUT2D eigenvalue weighted by molar-refractivity contribution is 4.76. The highest BCUT2D eigenvalue weighted by Crippen LogP contribution is 2.24. The number of aliphatic hydroxyl groups excluding tert-OH is 1. The van der Waals surface area contributed by atoms with Gasteiger partial charge in [-0.1, -0.05) is 33.1 Å². The van der Waals surface area contributed by atoms with Crippen molar-refractivity contribution in [3.63, 3.8) is 0 Å². The Kier molecular flexibility index (Phi) is 7.87. The maximum atomic E-state index is 10.2. The van der Waals surface area contributed by atoms with Gasteiger partial charge in [-0.3, -0.25) is 0 Å². The van der Waals surface area contributed by atoms with Crippen LogP contribution in [0.1, 0.15) is 46.0 Å². The first-order valence-electron chi connectivity index (χ1n) is 7.52. The second-order valence-electron chi connectivity index (χ2n) is 6.11. The van der Waals surface area contributed by atoms with Crippen molar-refractivity contribution in [1.82, 2.24) is 4.90 Å². The van der Waals surface area contributed by atoms with E-state index in [1.54, 1.807) is 7.11 Å². The molecule has 0 spiro atoms. The molecule has 2 atom stereocenters. The van der Waals surface area contributed by atoms with Crippen LogP contribution in [0.4, 0.5) is 0 Å². The van der Waals surface area contributed by atoms with Gasteiger partial charge in [0.15, 0.2) is 0 Å². The zero-order chi connectivity index (χ0) is 13.4. The SMILES string of the molecule is COCCN(CC(C)C)CC1CCCCCC1O. The third-order valence-electron chi connectivity index (χ3n) is 3.85. The van der Waals surface area contributed by atoms with E-state index in [4.69, 9.17) is 4.74 Å². The minimum absolute atomic E-state index is 0.0929. The fourth-order valence-electron chi connectivity index (χ4n) is 2.90. The van der Waals surface area contributed by atoms with Gasteiger partial charge in [0.1, 0.15) is 0 Å². The third kappa shape index (κ3) is 6.17. The largest absolute Gasteiger partial charge is 0.393 e. The molecule has 3 heteroatoms. The van der Waals surface area contributed by atoms with Crippen LogP contribution in [0, 0.1) is 11.8 Å². The molecule has 0 heterocycles. The molecule has 1 N–H and O–H groups in total. The molecular weight excluding hydrogens is 226 g/mol. The predicted octanol–water partition coefficient (Wildman–Crippen LogP) is 2.53. The first-order chi connectivity index (χ1) is 8.63. The molecule has 1 aliphatic rings. The van der Waals surface area contributed by atoms with E-state index in [0.29, 0.717) is 11.8 Å². The molecule has 0 amide bonds. The Balaban J connectivity index is 2.45. The average Bonchev–Trinajstić information content (AvgIpc) is 2.51. The van der Waals surface area contributed by atoms with Crippen LogP contribution in [0.3, 0.4) is 0 Å². The molecule has 0 aromatic heterocycles. The van der Waals surface area contributed by atoms with Crippen molar-refractivity contribution >= 4 is 0 Å². The molecule has 2 unspecified atom stereocenters. The molecule has 1 fully saturated rings. The number of rotatable bonds is 7. The van der Waals surface area contributed by atoms with Gasteiger partial charge in [-0.15, -0.1) is 0 Å². The van der Waals surface area contributed by atoms with E-state index in [1.165, 1.54) is 25.7 Å². The lowest BCUT2D eigenvalue weighted by Gasteiger charge is -2.30. The van der Waals surface area contributed by atoms with Crippen molar-refractivity contribution < 1.29 is 9.84 Å². The van der Waals surface area contributed by atoms with Crippen molar-refractivity contribution in [3.05, 3.63) is 0 Å². The van der Waals surface area contributed by atoms with E-state index in [0.717, 1.165) is 32.7 Å². The van der Waals surface area contributed by atoms with Gasteiger partial charge in [-0.25, -0.2) is 0 Å². The van der Waals surface area contributed by atoms with Crippen molar-refractivity contribution in [2.75, 3.05) is 33.4 Å². The molecule has 0 aliphatic heterocycles. The minimum atomic E-state index is -0.0929. The standard InChI is InChI=1S/C15H31NO2/c1-13(2)11-16(9-10-18-3)12-14-7-5-4-6-8-15(14)17/h13-15,17H,4-12H2,1-3H3. The van der Waals surface area contributed by atoms with Crippen LogP contribution in [0.5, 0.6) is 0 Å². The number of aliphatic hydroxyl groups is 1. The van der Waals surface area contributed by atoms with Gasteiger partial charge in [0, 0.05) is 26.7 Å². The molecule has 108 valence electrons. The summed E-state index contributed by atoms with van der Waals surface area (Å²) in [5.74, 6) is 1.13. The quantitative estimate of drug-likeness (QED) is 0.711.